The molecule has 0 amide bonds. The molecule has 0 aromatic rings. The summed E-state index contributed by atoms with van der Waals surface area (Å²) in [6.07, 6.45) is 0.877. The van der Waals surface area contributed by atoms with Crippen LogP contribution in [-0.4, -0.2) is 43.4 Å². The zero-order valence-corrected chi connectivity index (χ0v) is 10.1. The quantitative estimate of drug-likeness (QED) is 0.723. The van der Waals surface area contributed by atoms with E-state index < -0.39 is 15.5 Å². The third-order valence-corrected chi connectivity index (χ3v) is 4.45. The molecular formula is C7H18F3NO3Si. The van der Waals surface area contributed by atoms with Gasteiger partial charge in [-0.25, -0.2) is 0 Å². The normalized spacial score (nSPS) is 11.2. The highest BCUT2D eigenvalue weighted by atomic mass is 28.4. The van der Waals surface area contributed by atoms with Crippen LogP contribution in [0.25, 0.3) is 0 Å². The number of nitrogens with two attached hydrogens (primary N) is 1. The second-order valence-electron chi connectivity index (χ2n) is 2.44. The van der Waals surface area contributed by atoms with Crippen molar-refractivity contribution in [2.45, 2.75) is 19.1 Å². The van der Waals surface area contributed by atoms with Gasteiger partial charge in [0.05, 0.1) is 0 Å². The standard InChI is InChI=1S/C6H17NO3Si.CHF3/c1-8-11(9-2,10-3)6-4-5-7;2-1(3)4/h4-7H2,1-3H3;1H. The van der Waals surface area contributed by atoms with E-state index in [4.69, 9.17) is 19.0 Å². The van der Waals surface area contributed by atoms with Crippen molar-refractivity contribution in [3.8, 4) is 0 Å². The molecule has 0 atom stereocenters. The molecular weight excluding hydrogens is 231 g/mol. The fourth-order valence-electron chi connectivity index (χ4n) is 0.875. The summed E-state index contributed by atoms with van der Waals surface area (Å²) < 4.78 is 44.5. The van der Waals surface area contributed by atoms with Crippen LogP contribution in [0.1, 0.15) is 6.42 Å². The van der Waals surface area contributed by atoms with Crippen molar-refractivity contribution in [2.24, 2.45) is 5.73 Å². The van der Waals surface area contributed by atoms with Gasteiger partial charge in [-0.1, -0.05) is 0 Å². The molecule has 0 saturated carbocycles. The molecule has 4 nitrogen and oxygen atoms in total. The molecule has 94 valence electrons. The van der Waals surface area contributed by atoms with E-state index in [1.807, 2.05) is 0 Å². The molecule has 0 spiro atoms. The Labute approximate surface area is 88.9 Å². The smallest absolute Gasteiger partial charge is 0.377 e. The summed E-state index contributed by atoms with van der Waals surface area (Å²) in [4.78, 5) is 0. The third-order valence-electron chi connectivity index (χ3n) is 1.62. The highest BCUT2D eigenvalue weighted by Gasteiger charge is 2.36. The van der Waals surface area contributed by atoms with Crippen LogP contribution in [0.2, 0.25) is 6.04 Å². The fourth-order valence-corrected chi connectivity index (χ4v) is 2.62. The number of alkyl halides is 3. The van der Waals surface area contributed by atoms with Gasteiger partial charge in [0.2, 0.25) is 0 Å². The van der Waals surface area contributed by atoms with Crippen molar-refractivity contribution in [3.63, 3.8) is 0 Å². The summed E-state index contributed by atoms with van der Waals surface area (Å²) in [5.74, 6) is 0. The van der Waals surface area contributed by atoms with E-state index in [0.717, 1.165) is 12.5 Å². The molecule has 0 bridgehead atoms. The van der Waals surface area contributed by atoms with Gasteiger partial charge in [0, 0.05) is 27.4 Å². The molecule has 0 radical (unpaired) electrons. The number of hydrogen-bond acceptors (Lipinski definition) is 4. The number of halogens is 3. The Kier molecular flexibility index (Phi) is 11.9. The molecule has 0 saturated heterocycles. The predicted molar refractivity (Wildman–Crippen MR) is 52.4 cm³/mol. The summed E-state index contributed by atoms with van der Waals surface area (Å²) in [7, 11) is 2.50. The monoisotopic (exact) mass is 249 g/mol. The Balaban J connectivity index is 0. The van der Waals surface area contributed by atoms with Crippen molar-refractivity contribution < 1.29 is 26.4 Å². The highest BCUT2D eigenvalue weighted by Crippen LogP contribution is 2.13. The fraction of sp³-hybridized carbons (Fsp3) is 1.00. The lowest BCUT2D eigenvalue weighted by Crippen LogP contribution is -2.42. The van der Waals surface area contributed by atoms with Crippen LogP contribution in [0.3, 0.4) is 0 Å². The van der Waals surface area contributed by atoms with Crippen LogP contribution in [0.5, 0.6) is 0 Å². The SMILES string of the molecule is CO[Si](CCCN)(OC)OC.FC(F)F. The molecule has 0 fully saturated rings. The van der Waals surface area contributed by atoms with E-state index in [9.17, 15) is 13.2 Å². The Morgan fingerprint density at radius 2 is 1.40 bits per heavy atom. The van der Waals surface area contributed by atoms with Gasteiger partial charge in [0.25, 0.3) is 0 Å². The maximum absolute atomic E-state index is 9.67. The molecule has 0 heterocycles. The van der Waals surface area contributed by atoms with E-state index in [1.165, 1.54) is 0 Å². The zero-order chi connectivity index (χ0) is 12.3. The lowest BCUT2D eigenvalue weighted by atomic mass is 10.5. The molecule has 0 aromatic carbocycles. The molecule has 0 aromatic heterocycles. The van der Waals surface area contributed by atoms with E-state index in [0.29, 0.717) is 6.54 Å². The molecule has 0 aliphatic heterocycles. The largest absolute Gasteiger partial charge is 0.500 e. The summed E-state index contributed by atoms with van der Waals surface area (Å²) in [5.41, 5.74) is 5.36. The average Bonchev–Trinajstić information content (AvgIpc) is 2.20. The average molecular weight is 249 g/mol. The van der Waals surface area contributed by atoms with E-state index >= 15 is 0 Å². The van der Waals surface area contributed by atoms with Crippen LogP contribution in [-0.2, 0) is 13.3 Å². The Hall–Kier alpha value is -0.153. The first-order chi connectivity index (χ1) is 6.97. The first kappa shape index (κ1) is 17.2. The van der Waals surface area contributed by atoms with Gasteiger partial charge in [-0.3, -0.25) is 0 Å². The second-order valence-corrected chi connectivity index (χ2v) is 5.53. The van der Waals surface area contributed by atoms with E-state index in [1.54, 1.807) is 21.3 Å². The van der Waals surface area contributed by atoms with Crippen molar-refractivity contribution in [1.82, 2.24) is 0 Å². The molecule has 0 rings (SSSR count). The minimum atomic E-state index is -3.67. The Morgan fingerprint density at radius 1 is 1.07 bits per heavy atom. The van der Waals surface area contributed by atoms with Crippen LogP contribution in [0.15, 0.2) is 0 Å². The molecule has 0 aliphatic rings. The third kappa shape index (κ3) is 10.1. The topological polar surface area (TPSA) is 53.7 Å². The highest BCUT2D eigenvalue weighted by molar-refractivity contribution is 6.60. The van der Waals surface area contributed by atoms with E-state index in [-0.39, 0.29) is 0 Å². The maximum Gasteiger partial charge on any atom is 0.500 e. The van der Waals surface area contributed by atoms with Crippen LogP contribution in [0, 0.1) is 0 Å². The van der Waals surface area contributed by atoms with Gasteiger partial charge in [-0.15, -0.1) is 0 Å². The molecule has 0 unspecified atom stereocenters. The summed E-state index contributed by atoms with van der Waals surface area (Å²) >= 11 is 0. The number of hydrogen-bond donors (Lipinski definition) is 1. The molecule has 15 heavy (non-hydrogen) atoms. The summed E-state index contributed by atoms with van der Waals surface area (Å²) in [6.45, 7) is -3.02. The van der Waals surface area contributed by atoms with Gasteiger partial charge in [-0.2, -0.15) is 13.2 Å². The Morgan fingerprint density at radius 3 is 1.60 bits per heavy atom. The summed E-state index contributed by atoms with van der Waals surface area (Å²) in [5, 5.41) is 0. The Bertz CT molecular complexity index is 128. The van der Waals surface area contributed by atoms with E-state index in [2.05, 4.69) is 0 Å². The zero-order valence-electron chi connectivity index (χ0n) is 9.13. The molecule has 8 heteroatoms. The van der Waals surface area contributed by atoms with Gasteiger partial charge < -0.3 is 19.0 Å². The first-order valence-corrected chi connectivity index (χ1v) is 6.19. The molecule has 0 aliphatic carbocycles. The van der Waals surface area contributed by atoms with Gasteiger partial charge >= 0.3 is 15.5 Å². The maximum atomic E-state index is 9.67. The van der Waals surface area contributed by atoms with Gasteiger partial charge in [0.15, 0.2) is 0 Å². The van der Waals surface area contributed by atoms with Crippen molar-refractivity contribution in [1.29, 1.82) is 0 Å². The van der Waals surface area contributed by atoms with Crippen molar-refractivity contribution in [3.05, 3.63) is 0 Å². The van der Waals surface area contributed by atoms with Gasteiger partial charge in [0.1, 0.15) is 0 Å². The predicted octanol–water partition coefficient (Wildman–Crippen LogP) is 1.39. The van der Waals surface area contributed by atoms with Crippen molar-refractivity contribution >= 4 is 8.80 Å². The first-order valence-electron chi connectivity index (χ1n) is 4.25. The van der Waals surface area contributed by atoms with Crippen LogP contribution >= 0.6 is 0 Å². The minimum Gasteiger partial charge on any atom is -0.377 e. The summed E-state index contributed by atoms with van der Waals surface area (Å²) in [6, 6.07) is 0.785. The minimum absolute atomic E-state index is 0.644. The number of rotatable bonds is 6. The van der Waals surface area contributed by atoms with Crippen LogP contribution < -0.4 is 5.73 Å². The molecule has 2 N–H and O–H groups in total. The lowest BCUT2D eigenvalue weighted by molar-refractivity contribution is 0.00819. The second kappa shape index (κ2) is 10.4. The van der Waals surface area contributed by atoms with Gasteiger partial charge in [-0.05, 0) is 13.0 Å². The van der Waals surface area contributed by atoms with Crippen molar-refractivity contribution in [2.75, 3.05) is 27.9 Å². The van der Waals surface area contributed by atoms with Crippen LogP contribution in [0.4, 0.5) is 13.2 Å². The lowest BCUT2D eigenvalue weighted by Gasteiger charge is -2.23.